The predicted octanol–water partition coefficient (Wildman–Crippen LogP) is 2.70. The Bertz CT molecular complexity index is 574. The minimum atomic E-state index is -3.44. The number of sulfonamides is 1. The average molecular weight is 295 g/mol. The van der Waals surface area contributed by atoms with E-state index in [1.807, 2.05) is 6.92 Å². The summed E-state index contributed by atoms with van der Waals surface area (Å²) in [5, 5.41) is 0. The molecule has 1 aromatic rings. The van der Waals surface area contributed by atoms with Gasteiger partial charge in [-0.2, -0.15) is 4.31 Å². The number of nitrogens with zero attached hydrogens (tertiary/aromatic N) is 1. The zero-order chi connectivity index (χ0) is 14.8. The second-order valence-corrected chi connectivity index (χ2v) is 7.32. The summed E-state index contributed by atoms with van der Waals surface area (Å²) in [7, 11) is -3.44. The summed E-state index contributed by atoms with van der Waals surface area (Å²) in [4.78, 5) is 11.5. The molecule has 0 aromatic heterocycles. The third-order valence-corrected chi connectivity index (χ3v) is 5.41. The first-order chi connectivity index (χ1) is 9.45. The molecule has 0 saturated heterocycles. The summed E-state index contributed by atoms with van der Waals surface area (Å²) >= 11 is 0. The van der Waals surface area contributed by atoms with Crippen molar-refractivity contribution in [3.05, 3.63) is 29.8 Å². The van der Waals surface area contributed by atoms with E-state index in [1.165, 1.54) is 19.1 Å². The fourth-order valence-corrected chi connectivity index (χ4v) is 3.77. The van der Waals surface area contributed by atoms with Crippen LogP contribution in [0.3, 0.4) is 0 Å². The molecule has 0 spiro atoms. The highest BCUT2D eigenvalue weighted by molar-refractivity contribution is 7.89. The number of carbonyl (C=O) groups is 1. The van der Waals surface area contributed by atoms with Crippen LogP contribution in [0.5, 0.6) is 0 Å². The van der Waals surface area contributed by atoms with Crippen molar-refractivity contribution in [3.8, 4) is 0 Å². The van der Waals surface area contributed by atoms with E-state index in [9.17, 15) is 13.2 Å². The van der Waals surface area contributed by atoms with Crippen LogP contribution in [0.25, 0.3) is 0 Å². The van der Waals surface area contributed by atoms with Gasteiger partial charge in [0.15, 0.2) is 5.78 Å². The molecule has 4 nitrogen and oxygen atoms in total. The van der Waals surface area contributed by atoms with E-state index >= 15 is 0 Å². The van der Waals surface area contributed by atoms with Gasteiger partial charge in [0.2, 0.25) is 10.0 Å². The smallest absolute Gasteiger partial charge is 0.243 e. The average Bonchev–Trinajstić information content (AvgIpc) is 3.22. The summed E-state index contributed by atoms with van der Waals surface area (Å²) in [6.45, 7) is 4.62. The van der Waals surface area contributed by atoms with Crippen LogP contribution in [0.15, 0.2) is 29.2 Å². The molecule has 1 aromatic carbocycles. The molecule has 5 heteroatoms. The highest BCUT2D eigenvalue weighted by atomic mass is 32.2. The van der Waals surface area contributed by atoms with E-state index in [1.54, 1.807) is 16.4 Å². The molecule has 0 heterocycles. The summed E-state index contributed by atoms with van der Waals surface area (Å²) in [6, 6.07) is 6.22. The molecule has 1 saturated carbocycles. The maximum absolute atomic E-state index is 12.6. The lowest BCUT2D eigenvalue weighted by Crippen LogP contribution is -2.33. The van der Waals surface area contributed by atoms with Gasteiger partial charge in [0, 0.05) is 18.7 Å². The van der Waals surface area contributed by atoms with E-state index in [4.69, 9.17) is 0 Å². The van der Waals surface area contributed by atoms with Gasteiger partial charge in [-0.15, -0.1) is 0 Å². The van der Waals surface area contributed by atoms with Gasteiger partial charge in [-0.1, -0.05) is 19.1 Å². The molecule has 0 atom stereocenters. The van der Waals surface area contributed by atoms with E-state index in [0.717, 1.165) is 19.3 Å². The molecular formula is C15H21NO3S. The highest BCUT2D eigenvalue weighted by Crippen LogP contribution is 2.31. The van der Waals surface area contributed by atoms with Crippen molar-refractivity contribution in [3.63, 3.8) is 0 Å². The van der Waals surface area contributed by atoms with Crippen LogP contribution in [-0.2, 0) is 10.0 Å². The van der Waals surface area contributed by atoms with Crippen LogP contribution in [0.1, 0.15) is 43.5 Å². The normalized spacial score (nSPS) is 15.6. The molecule has 0 unspecified atom stereocenters. The predicted molar refractivity (Wildman–Crippen MR) is 78.2 cm³/mol. The summed E-state index contributed by atoms with van der Waals surface area (Å²) in [5.74, 6) is 0.463. The molecule has 0 radical (unpaired) electrons. The van der Waals surface area contributed by atoms with Crippen molar-refractivity contribution in [2.24, 2.45) is 5.92 Å². The number of benzene rings is 1. The van der Waals surface area contributed by atoms with Crippen molar-refractivity contribution < 1.29 is 13.2 Å². The first-order valence-corrected chi connectivity index (χ1v) is 8.50. The van der Waals surface area contributed by atoms with Crippen molar-refractivity contribution in [1.29, 1.82) is 0 Å². The lowest BCUT2D eigenvalue weighted by molar-refractivity contribution is 0.101. The van der Waals surface area contributed by atoms with Gasteiger partial charge in [0.1, 0.15) is 0 Å². The molecule has 1 aliphatic carbocycles. The number of rotatable bonds is 7. The Hall–Kier alpha value is -1.20. The number of carbonyl (C=O) groups excluding carboxylic acids is 1. The first-order valence-electron chi connectivity index (χ1n) is 7.06. The van der Waals surface area contributed by atoms with Gasteiger partial charge in [-0.05, 0) is 44.2 Å². The fourth-order valence-electron chi connectivity index (χ4n) is 2.16. The van der Waals surface area contributed by atoms with Crippen LogP contribution in [-0.4, -0.2) is 31.6 Å². The maximum atomic E-state index is 12.6. The van der Waals surface area contributed by atoms with E-state index in [2.05, 4.69) is 0 Å². The van der Waals surface area contributed by atoms with Crippen LogP contribution < -0.4 is 0 Å². The van der Waals surface area contributed by atoms with Gasteiger partial charge in [-0.25, -0.2) is 8.42 Å². The molecule has 0 bridgehead atoms. The Labute approximate surface area is 120 Å². The lowest BCUT2D eigenvalue weighted by Gasteiger charge is -2.21. The zero-order valence-electron chi connectivity index (χ0n) is 12.0. The number of Topliss-reactive ketones (excluding diaryl/α,β-unsaturated/α-hetero) is 1. The van der Waals surface area contributed by atoms with Crippen molar-refractivity contribution in [2.45, 2.75) is 38.0 Å². The maximum Gasteiger partial charge on any atom is 0.243 e. The minimum Gasteiger partial charge on any atom is -0.295 e. The highest BCUT2D eigenvalue weighted by Gasteiger charge is 2.31. The molecule has 1 aliphatic rings. The SMILES string of the molecule is CCCN(CC1CC1)S(=O)(=O)c1ccc(C(C)=O)cc1. The molecule has 2 rings (SSSR count). The molecule has 0 amide bonds. The summed E-state index contributed by atoms with van der Waals surface area (Å²) < 4.78 is 26.8. The first kappa shape index (κ1) is 15.2. The molecule has 110 valence electrons. The minimum absolute atomic E-state index is 0.0580. The Balaban J connectivity index is 2.23. The molecule has 1 fully saturated rings. The van der Waals surface area contributed by atoms with Gasteiger partial charge < -0.3 is 0 Å². The van der Waals surface area contributed by atoms with E-state index in [-0.39, 0.29) is 10.7 Å². The number of hydrogen-bond donors (Lipinski definition) is 0. The summed E-state index contributed by atoms with van der Waals surface area (Å²) in [6.07, 6.45) is 3.05. The van der Waals surface area contributed by atoms with Crippen LogP contribution in [0.4, 0.5) is 0 Å². The van der Waals surface area contributed by atoms with Crippen LogP contribution in [0.2, 0.25) is 0 Å². The third kappa shape index (κ3) is 3.46. The van der Waals surface area contributed by atoms with Crippen molar-refractivity contribution in [2.75, 3.05) is 13.1 Å². The quantitative estimate of drug-likeness (QED) is 0.727. The largest absolute Gasteiger partial charge is 0.295 e. The topological polar surface area (TPSA) is 54.5 Å². The second-order valence-electron chi connectivity index (χ2n) is 5.39. The van der Waals surface area contributed by atoms with Crippen molar-refractivity contribution >= 4 is 15.8 Å². The Morgan fingerprint density at radius 2 is 1.85 bits per heavy atom. The van der Waals surface area contributed by atoms with Crippen LogP contribution in [0, 0.1) is 5.92 Å². The van der Waals surface area contributed by atoms with Crippen molar-refractivity contribution in [1.82, 2.24) is 4.31 Å². The standard InChI is InChI=1S/C15H21NO3S/c1-3-10-16(11-13-4-5-13)20(18,19)15-8-6-14(7-9-15)12(2)17/h6-9,13H,3-5,10-11H2,1-2H3. The monoisotopic (exact) mass is 295 g/mol. The zero-order valence-corrected chi connectivity index (χ0v) is 12.8. The molecular weight excluding hydrogens is 274 g/mol. The number of ketones is 1. The van der Waals surface area contributed by atoms with E-state index < -0.39 is 10.0 Å². The fraction of sp³-hybridized carbons (Fsp3) is 0.533. The Morgan fingerprint density at radius 3 is 2.30 bits per heavy atom. The van der Waals surface area contributed by atoms with Gasteiger partial charge in [-0.3, -0.25) is 4.79 Å². The lowest BCUT2D eigenvalue weighted by atomic mass is 10.2. The van der Waals surface area contributed by atoms with Gasteiger partial charge in [0.05, 0.1) is 4.90 Å². The second kappa shape index (κ2) is 6.06. The van der Waals surface area contributed by atoms with E-state index in [0.29, 0.717) is 24.6 Å². The number of hydrogen-bond acceptors (Lipinski definition) is 3. The molecule has 20 heavy (non-hydrogen) atoms. The van der Waals surface area contributed by atoms with Gasteiger partial charge in [0.25, 0.3) is 0 Å². The Morgan fingerprint density at radius 1 is 1.25 bits per heavy atom. The summed E-state index contributed by atoms with van der Waals surface area (Å²) in [5.41, 5.74) is 0.535. The third-order valence-electron chi connectivity index (χ3n) is 3.53. The van der Waals surface area contributed by atoms with Gasteiger partial charge >= 0.3 is 0 Å². The van der Waals surface area contributed by atoms with Crippen LogP contribution >= 0.6 is 0 Å². The molecule has 0 aliphatic heterocycles. The molecule has 0 N–H and O–H groups in total. The Kier molecular flexibility index (Phi) is 4.60.